The summed E-state index contributed by atoms with van der Waals surface area (Å²) >= 11 is 0. The molecule has 0 saturated carbocycles. The van der Waals surface area contributed by atoms with E-state index in [1.165, 1.54) is 10.2 Å². The van der Waals surface area contributed by atoms with E-state index in [2.05, 4.69) is 6.55 Å². The summed E-state index contributed by atoms with van der Waals surface area (Å²) in [5.74, 6) is 0. The van der Waals surface area contributed by atoms with Crippen molar-refractivity contribution in [1.29, 1.82) is 0 Å². The van der Waals surface area contributed by atoms with Crippen LogP contribution in [-0.4, -0.2) is 171 Å². The second-order valence-corrected chi connectivity index (χ2v) is 284. The van der Waals surface area contributed by atoms with Gasteiger partial charge in [-0.3, -0.25) is 0 Å². The Hall–Kier alpha value is 6.39. The fourth-order valence-corrected chi connectivity index (χ4v) is 0. The Kier molecular flexibility index (Phi) is 82.0. The molecule has 0 bridgehead atoms. The van der Waals surface area contributed by atoms with Crippen molar-refractivity contribution in [2.24, 2.45) is 0 Å². The van der Waals surface area contributed by atoms with Crippen molar-refractivity contribution >= 4 is 171 Å². The third kappa shape index (κ3) is 126. The topological polar surface area (TPSA) is 0 Å². The first-order chi connectivity index (χ1) is 9.25. The van der Waals surface area contributed by atoms with Crippen molar-refractivity contribution in [1.82, 2.24) is 0 Å². The van der Waals surface area contributed by atoms with Gasteiger partial charge >= 0.3 is 56.6 Å². The van der Waals surface area contributed by atoms with E-state index < -0.39 is 0 Å². The van der Waals surface area contributed by atoms with Crippen molar-refractivity contribution in [2.75, 3.05) is 0 Å². The molecular formula is C4H58BrLi3Si19. The fourth-order valence-electron chi connectivity index (χ4n) is 0. The monoisotopic (exact) mass is 738 g/mol. The predicted octanol–water partition coefficient (Wildman–Crippen LogP) is -29.1. The van der Waals surface area contributed by atoms with E-state index in [1.54, 1.807) is 137 Å². The third-order valence-corrected chi connectivity index (χ3v) is 182. The predicted molar refractivity (Wildman–Crippen MR) is 197 cm³/mol. The van der Waals surface area contributed by atoms with Crippen LogP contribution in [0.25, 0.3) is 0 Å². The molecule has 27 heavy (non-hydrogen) atoms. The average Bonchev–Trinajstić information content (AvgIpc) is 2.15. The molecule has 0 nitrogen and oxygen atoms in total. The van der Waals surface area contributed by atoms with E-state index in [4.69, 9.17) is 0 Å². The molecule has 0 amide bonds. The zero-order chi connectivity index (χ0) is 20.0. The van der Waals surface area contributed by atoms with E-state index in [9.17, 15) is 0 Å². The molecule has 160 valence electrons. The molecule has 0 atom stereocenters. The number of rotatable bonds is 1. The standard InChI is InChI=1S/C2H6.CH6Si.CH3.BrH.3Li.H18Si8.2H12Si5.H/c2*1-2;;;;;;1-7(2,3)8(4,5)6;2*1-5(2,3)4;/h2*1-2H3;1H3;1H;;;;1-6H3;2*1-4H3;/q;;-1;;3*+1;;;;-1/p-1. The molecule has 0 heterocycles. The van der Waals surface area contributed by atoms with Crippen LogP contribution in [0.1, 0.15) is 15.3 Å². The summed E-state index contributed by atoms with van der Waals surface area (Å²) in [7, 11) is 24.7. The van der Waals surface area contributed by atoms with Crippen LogP contribution in [0.5, 0.6) is 0 Å². The summed E-state index contributed by atoms with van der Waals surface area (Å²) in [6.45, 7) is 6.14. The van der Waals surface area contributed by atoms with Gasteiger partial charge in [0.2, 0.25) is 0 Å². The first-order valence-electron chi connectivity index (χ1n) is 9.25. The van der Waals surface area contributed by atoms with Gasteiger partial charge in [0.25, 0.3) is 0 Å². The Balaban J connectivity index is -0.0000000146. The Morgan fingerprint density at radius 2 is 0.481 bits per heavy atom. The smallest absolute Gasteiger partial charge is 1.00 e. The van der Waals surface area contributed by atoms with Crippen LogP contribution < -0.4 is 73.6 Å². The molecule has 0 spiro atoms. The molecule has 0 fully saturated rings. The molecule has 0 aliphatic carbocycles. The molecule has 0 N–H and O–H groups in total. The Morgan fingerprint density at radius 3 is 0.481 bits per heavy atom. The molecule has 0 aromatic carbocycles. The normalized spacial score (nSPS) is 17.9. The minimum absolute atomic E-state index is 0. The second-order valence-electron chi connectivity index (χ2n) is 10.5. The maximum atomic E-state index is 2.14. The first kappa shape index (κ1) is 64.0. The molecule has 0 aliphatic rings. The molecule has 0 aromatic heterocycles. The van der Waals surface area contributed by atoms with Crippen LogP contribution in [0.15, 0.2) is 0 Å². The van der Waals surface area contributed by atoms with Crippen LogP contribution in [0.4, 0.5) is 0 Å². The Morgan fingerprint density at radius 1 is 0.444 bits per heavy atom. The van der Waals surface area contributed by atoms with Gasteiger partial charge in [-0.25, -0.2) is 0 Å². The number of halogens is 1. The minimum atomic E-state index is -0.118. The van der Waals surface area contributed by atoms with Gasteiger partial charge in [-0.15, -0.1) is 0 Å². The van der Waals surface area contributed by atoms with Gasteiger partial charge in [0.1, 0.15) is 0 Å². The van der Waals surface area contributed by atoms with Crippen LogP contribution in [0, 0.1) is 7.43 Å². The molecule has 0 saturated heterocycles. The maximum absolute atomic E-state index is 2.14. The molecule has 0 rings (SSSR count). The Labute approximate surface area is 270 Å². The quantitative estimate of drug-likeness (QED) is 0.186. The van der Waals surface area contributed by atoms with Gasteiger partial charge in [0.05, 0.1) is 0 Å². The van der Waals surface area contributed by atoms with Gasteiger partial charge in [-0.05, 0) is 171 Å². The summed E-state index contributed by atoms with van der Waals surface area (Å²) < 4.78 is 0. The summed E-state index contributed by atoms with van der Waals surface area (Å²) in [5.41, 5.74) is 0. The summed E-state index contributed by atoms with van der Waals surface area (Å²) in [6.07, 6.45) is -0.347. The van der Waals surface area contributed by atoms with Crippen molar-refractivity contribution in [3.05, 3.63) is 7.43 Å². The molecule has 0 aliphatic heterocycles. The third-order valence-electron chi connectivity index (χ3n) is 2.25. The Bertz CT molecular complexity index is 187. The summed E-state index contributed by atoms with van der Waals surface area (Å²) in [6, 6.07) is 0. The number of hydrogen-bond donors (Lipinski definition) is 0. The molecule has 0 aromatic rings. The van der Waals surface area contributed by atoms with Crippen molar-refractivity contribution in [3.63, 3.8) is 0 Å². The zero-order valence-electron chi connectivity index (χ0n) is 25.4. The van der Waals surface area contributed by atoms with Gasteiger partial charge in [0, 0.05) is 0 Å². The first-order valence-corrected chi connectivity index (χ1v) is 69.2. The number of hydrogen-bond acceptors (Lipinski definition) is 0. The SMILES string of the molecule is CC.C[SiH3].[Br-].[CH3-].[H-].[Li+].[Li+].[Li+].[SiH3][Si]([SiH3])([SiH3])[SiH3].[SiH3][Si]([SiH3])([SiH3])[SiH3].[SiH3][Si]([SiH3])([SiH3])[Si]([SiH3])([SiH3])[SiH3]. The molecule has 0 unspecified atom stereocenters. The van der Waals surface area contributed by atoms with Crippen LogP contribution in [-0.2, 0) is 0 Å². The summed E-state index contributed by atoms with van der Waals surface area (Å²) in [5, 5.41) is 0. The van der Waals surface area contributed by atoms with E-state index in [-0.39, 0.29) is 107 Å². The van der Waals surface area contributed by atoms with E-state index in [0.29, 0.717) is 0 Å². The van der Waals surface area contributed by atoms with Crippen molar-refractivity contribution < 1.29 is 75.0 Å². The van der Waals surface area contributed by atoms with Crippen LogP contribution >= 0.6 is 0 Å². The van der Waals surface area contributed by atoms with E-state index in [1.807, 2.05) is 13.8 Å². The van der Waals surface area contributed by atoms with Gasteiger partial charge in [-0.1, -0.05) is 20.4 Å². The largest absolute Gasteiger partial charge is 1.00 e. The fraction of sp³-hybridized carbons (Fsp3) is 0.750. The molecule has 23 heteroatoms. The zero-order valence-corrected chi connectivity index (χ0v) is 60.0. The minimum Gasteiger partial charge on any atom is -1.00 e. The average molecular weight is 741 g/mol. The summed E-state index contributed by atoms with van der Waals surface area (Å²) in [4.78, 5) is 0. The maximum Gasteiger partial charge on any atom is 1.00 e. The van der Waals surface area contributed by atoms with Gasteiger partial charge in [-0.2, -0.15) is 0 Å². The van der Waals surface area contributed by atoms with Gasteiger partial charge < -0.3 is 25.8 Å². The second kappa shape index (κ2) is 34.6. The van der Waals surface area contributed by atoms with E-state index in [0.717, 1.165) is 0 Å². The van der Waals surface area contributed by atoms with Crippen molar-refractivity contribution in [3.8, 4) is 0 Å². The van der Waals surface area contributed by atoms with E-state index >= 15 is 0 Å². The van der Waals surface area contributed by atoms with Crippen LogP contribution in [0.3, 0.4) is 0 Å². The molecular weight excluding hydrogens is 682 g/mol. The molecule has 0 radical (unpaired) electrons. The van der Waals surface area contributed by atoms with Gasteiger partial charge in [0.15, 0.2) is 0 Å². The van der Waals surface area contributed by atoms with Crippen LogP contribution in [0.2, 0.25) is 6.55 Å². The van der Waals surface area contributed by atoms with Crippen molar-refractivity contribution in [2.45, 2.75) is 20.4 Å².